The first kappa shape index (κ1) is 24.5. The Morgan fingerprint density at radius 1 is 1.00 bits per heavy atom. The Labute approximate surface area is 218 Å². The van der Waals surface area contributed by atoms with Gasteiger partial charge in [0.05, 0.1) is 5.54 Å². The van der Waals surface area contributed by atoms with Crippen LogP contribution in [0.25, 0.3) is 0 Å². The van der Waals surface area contributed by atoms with Gasteiger partial charge in [0.1, 0.15) is 11.5 Å². The quantitative estimate of drug-likeness (QED) is 0.474. The zero-order valence-electron chi connectivity index (χ0n) is 20.2. The Kier molecular flexibility index (Phi) is 7.04. The van der Waals surface area contributed by atoms with Gasteiger partial charge in [0.25, 0.3) is 0 Å². The van der Waals surface area contributed by atoms with Crippen LogP contribution in [0.5, 0.6) is 11.5 Å². The number of halogens is 1. The van der Waals surface area contributed by atoms with E-state index in [1.54, 1.807) is 0 Å². The molecule has 1 atom stereocenters. The van der Waals surface area contributed by atoms with Gasteiger partial charge in [-0.3, -0.25) is 9.79 Å². The van der Waals surface area contributed by atoms with Crippen molar-refractivity contribution in [2.24, 2.45) is 22.7 Å². The second-order valence-corrected chi connectivity index (χ2v) is 11.8. The van der Waals surface area contributed by atoms with Crippen molar-refractivity contribution in [3.63, 3.8) is 0 Å². The van der Waals surface area contributed by atoms with Crippen LogP contribution in [0.15, 0.2) is 59.6 Å². The summed E-state index contributed by atoms with van der Waals surface area (Å²) in [5, 5.41) is 4.21. The van der Waals surface area contributed by atoms with Gasteiger partial charge >= 0.3 is 0 Å². The van der Waals surface area contributed by atoms with Crippen LogP contribution in [0.3, 0.4) is 0 Å². The molecule has 7 rings (SSSR count). The van der Waals surface area contributed by atoms with E-state index in [-0.39, 0.29) is 29.9 Å². The molecule has 1 saturated heterocycles. The fraction of sp³-hybridized carbons (Fsp3) is 0.500. The summed E-state index contributed by atoms with van der Waals surface area (Å²) in [5.74, 6) is 5.23. The summed E-state index contributed by atoms with van der Waals surface area (Å²) in [4.78, 5) is 20.4. The minimum Gasteiger partial charge on any atom is -0.457 e. The highest BCUT2D eigenvalue weighted by Gasteiger charge is 2.51. The normalized spacial score (nSPS) is 31.9. The summed E-state index contributed by atoms with van der Waals surface area (Å²) in [6.45, 7) is 0. The van der Waals surface area contributed by atoms with Gasteiger partial charge < -0.3 is 15.0 Å². The number of carbonyl (C=O) groups excluding carboxylic acids is 1. The van der Waals surface area contributed by atoms with Gasteiger partial charge in [-0.15, -0.1) is 12.4 Å². The first-order valence-electron chi connectivity index (χ1n) is 12.6. The van der Waals surface area contributed by atoms with Crippen molar-refractivity contribution in [3.05, 3.63) is 54.6 Å². The van der Waals surface area contributed by atoms with Crippen molar-refractivity contribution in [1.29, 1.82) is 0 Å². The molecule has 5 nitrogen and oxygen atoms in total. The monoisotopic (exact) mass is 511 g/mol. The third kappa shape index (κ3) is 5.34. The first-order valence-corrected chi connectivity index (χ1v) is 13.6. The molecule has 2 aromatic carbocycles. The predicted octanol–water partition coefficient (Wildman–Crippen LogP) is 6.60. The Morgan fingerprint density at radius 2 is 1.60 bits per heavy atom. The molecular formula is C28H34ClN3O2S. The van der Waals surface area contributed by atoms with Gasteiger partial charge in [-0.05, 0) is 92.7 Å². The van der Waals surface area contributed by atoms with E-state index in [0.717, 1.165) is 45.9 Å². The van der Waals surface area contributed by atoms with E-state index >= 15 is 0 Å². The molecule has 1 unspecified atom stereocenters. The second-order valence-electron chi connectivity index (χ2n) is 10.8. The van der Waals surface area contributed by atoms with Crippen molar-refractivity contribution < 1.29 is 9.53 Å². The number of nitrogens with zero attached hydrogens (tertiary/aromatic N) is 2. The lowest BCUT2D eigenvalue weighted by atomic mass is 9.53. The Balaban J connectivity index is 0.00000253. The highest BCUT2D eigenvalue weighted by Crippen LogP contribution is 2.57. The predicted molar refractivity (Wildman–Crippen MR) is 146 cm³/mol. The minimum absolute atomic E-state index is 0. The van der Waals surface area contributed by atoms with E-state index in [2.05, 4.69) is 17.3 Å². The fourth-order valence-corrected chi connectivity index (χ4v) is 8.20. The number of benzene rings is 2. The number of carbonyl (C=O) groups is 1. The van der Waals surface area contributed by atoms with E-state index < -0.39 is 0 Å². The largest absolute Gasteiger partial charge is 0.457 e. The van der Waals surface area contributed by atoms with Gasteiger partial charge in [0.2, 0.25) is 5.91 Å². The van der Waals surface area contributed by atoms with Crippen LogP contribution in [0.1, 0.15) is 44.9 Å². The summed E-state index contributed by atoms with van der Waals surface area (Å²) < 4.78 is 5.84. The molecule has 1 amide bonds. The number of amides is 1. The number of rotatable bonds is 6. The molecule has 4 saturated carbocycles. The minimum atomic E-state index is 0. The zero-order chi connectivity index (χ0) is 23.1. The van der Waals surface area contributed by atoms with Crippen molar-refractivity contribution in [2.45, 2.75) is 56.5 Å². The van der Waals surface area contributed by atoms with Gasteiger partial charge in [-0.2, -0.15) is 0 Å². The lowest BCUT2D eigenvalue weighted by molar-refractivity contribution is -0.116. The molecule has 186 valence electrons. The van der Waals surface area contributed by atoms with Crippen LogP contribution in [0.2, 0.25) is 0 Å². The zero-order valence-corrected chi connectivity index (χ0v) is 21.8. The molecule has 5 aliphatic rings. The molecule has 5 fully saturated rings. The first-order chi connectivity index (χ1) is 16.5. The van der Waals surface area contributed by atoms with Crippen molar-refractivity contribution in [3.8, 4) is 11.5 Å². The molecule has 35 heavy (non-hydrogen) atoms. The number of hydrogen-bond donors (Lipinski definition) is 1. The molecule has 0 aromatic heterocycles. The molecule has 1 N–H and O–H groups in total. The molecule has 7 heteroatoms. The summed E-state index contributed by atoms with van der Waals surface area (Å²) in [7, 11) is 2.12. The van der Waals surface area contributed by atoms with Crippen LogP contribution in [0, 0.1) is 17.8 Å². The van der Waals surface area contributed by atoms with Crippen LogP contribution < -0.4 is 10.1 Å². The van der Waals surface area contributed by atoms with Crippen molar-refractivity contribution in [1.82, 2.24) is 4.90 Å². The second kappa shape index (κ2) is 10.1. The maximum absolute atomic E-state index is 12.8. The SMILES string of the molecule is CN1C(=NC23CC4CC(CC(C4)C2)C3)SCC1CC(=O)Nc1ccc(Oc2ccccc2)cc1.Cl. The third-order valence-corrected chi connectivity index (χ3v) is 9.32. The smallest absolute Gasteiger partial charge is 0.226 e. The van der Waals surface area contributed by atoms with E-state index in [1.165, 1.54) is 38.5 Å². The molecule has 4 aliphatic carbocycles. The number of amidine groups is 1. The molecule has 0 spiro atoms. The van der Waals surface area contributed by atoms with E-state index in [0.29, 0.717) is 6.42 Å². The third-order valence-electron chi connectivity index (χ3n) is 8.13. The maximum Gasteiger partial charge on any atom is 0.226 e. The lowest BCUT2D eigenvalue weighted by Gasteiger charge is -2.55. The lowest BCUT2D eigenvalue weighted by Crippen LogP contribution is -2.50. The van der Waals surface area contributed by atoms with Gasteiger partial charge in [0.15, 0.2) is 5.17 Å². The Morgan fingerprint density at radius 3 is 2.23 bits per heavy atom. The summed E-state index contributed by atoms with van der Waals surface area (Å²) in [6, 6.07) is 17.4. The molecular weight excluding hydrogens is 478 g/mol. The molecule has 1 heterocycles. The van der Waals surface area contributed by atoms with Gasteiger partial charge in [-0.1, -0.05) is 30.0 Å². The molecule has 1 aliphatic heterocycles. The Bertz CT molecular complexity index is 1040. The van der Waals surface area contributed by atoms with Crippen molar-refractivity contribution >= 4 is 40.9 Å². The fourth-order valence-electron chi connectivity index (χ4n) is 6.91. The topological polar surface area (TPSA) is 53.9 Å². The number of anilines is 1. The van der Waals surface area contributed by atoms with Crippen LogP contribution in [0.4, 0.5) is 5.69 Å². The summed E-state index contributed by atoms with van der Waals surface area (Å²) in [5.41, 5.74) is 0.979. The molecule has 4 bridgehead atoms. The van der Waals surface area contributed by atoms with E-state index in [9.17, 15) is 4.79 Å². The van der Waals surface area contributed by atoms with Gasteiger partial charge in [-0.25, -0.2) is 0 Å². The number of para-hydroxylation sites is 1. The number of aliphatic imine (C=N–C) groups is 1. The van der Waals surface area contributed by atoms with E-state index in [4.69, 9.17) is 9.73 Å². The molecule has 0 radical (unpaired) electrons. The summed E-state index contributed by atoms with van der Waals surface area (Å²) in [6.07, 6.45) is 8.65. The average molecular weight is 512 g/mol. The van der Waals surface area contributed by atoms with Crippen LogP contribution in [-0.2, 0) is 4.79 Å². The highest BCUT2D eigenvalue weighted by atomic mass is 35.5. The van der Waals surface area contributed by atoms with Gasteiger partial charge in [0, 0.05) is 31.0 Å². The van der Waals surface area contributed by atoms with Crippen LogP contribution >= 0.6 is 24.2 Å². The average Bonchev–Trinajstić information content (AvgIpc) is 3.13. The number of hydrogen-bond acceptors (Lipinski definition) is 4. The maximum atomic E-state index is 12.8. The molecule has 2 aromatic rings. The van der Waals surface area contributed by atoms with Crippen LogP contribution in [-0.4, -0.2) is 40.4 Å². The number of thioether (sulfide) groups is 1. The van der Waals surface area contributed by atoms with E-state index in [1.807, 2.05) is 66.4 Å². The summed E-state index contributed by atoms with van der Waals surface area (Å²) >= 11 is 1.84. The standard InChI is InChI=1S/C28H33N3O2S.ClH/c1-31-23(18-34-27(31)30-28-15-19-11-20(16-28)13-21(12-19)17-28)14-26(32)29-22-7-9-25(10-8-22)33-24-5-3-2-4-6-24;/h2-10,19-21,23H,11-18H2,1H3,(H,29,32);1H. The number of ether oxygens (including phenoxy) is 1. The highest BCUT2D eigenvalue weighted by molar-refractivity contribution is 8.14. The Hall–Kier alpha value is -2.18. The number of nitrogens with one attached hydrogen (secondary N) is 1. The van der Waals surface area contributed by atoms with Crippen molar-refractivity contribution in [2.75, 3.05) is 18.1 Å².